The van der Waals surface area contributed by atoms with E-state index in [0.717, 1.165) is 22.9 Å². The van der Waals surface area contributed by atoms with Crippen LogP contribution in [-0.4, -0.2) is 47.9 Å². The van der Waals surface area contributed by atoms with Crippen molar-refractivity contribution < 1.29 is 4.79 Å². The van der Waals surface area contributed by atoms with Crippen LogP contribution >= 0.6 is 0 Å². The van der Waals surface area contributed by atoms with Crippen LogP contribution in [0.25, 0.3) is 10.8 Å². The molecule has 1 aromatic heterocycles. The first-order valence-electron chi connectivity index (χ1n) is 8.85. The summed E-state index contributed by atoms with van der Waals surface area (Å²) in [7, 11) is 3.96. The van der Waals surface area contributed by atoms with Gasteiger partial charge in [-0.15, -0.1) is 0 Å². The van der Waals surface area contributed by atoms with Crippen molar-refractivity contribution in [1.82, 2.24) is 14.8 Å². The van der Waals surface area contributed by atoms with Gasteiger partial charge in [0.1, 0.15) is 5.69 Å². The summed E-state index contributed by atoms with van der Waals surface area (Å²) in [5.41, 5.74) is 1.99. The lowest BCUT2D eigenvalue weighted by atomic mass is 10.1. The van der Waals surface area contributed by atoms with Crippen LogP contribution in [0.3, 0.4) is 0 Å². The molecule has 0 spiro atoms. The molecule has 27 heavy (non-hydrogen) atoms. The number of benzene rings is 2. The van der Waals surface area contributed by atoms with Crippen molar-refractivity contribution in [3.05, 3.63) is 77.6 Å². The third-order valence-corrected chi connectivity index (χ3v) is 4.41. The van der Waals surface area contributed by atoms with Crippen molar-refractivity contribution in [2.75, 3.05) is 27.2 Å². The Kier molecular flexibility index (Phi) is 5.80. The van der Waals surface area contributed by atoms with Crippen LogP contribution in [0, 0.1) is 11.3 Å². The quantitative estimate of drug-likeness (QED) is 0.678. The smallest absolute Gasteiger partial charge is 0.273 e. The van der Waals surface area contributed by atoms with E-state index >= 15 is 0 Å². The molecule has 0 aliphatic heterocycles. The molecule has 1 heterocycles. The average molecular weight is 358 g/mol. The number of rotatable bonds is 6. The van der Waals surface area contributed by atoms with E-state index in [9.17, 15) is 4.79 Å². The van der Waals surface area contributed by atoms with E-state index < -0.39 is 0 Å². The Morgan fingerprint density at radius 1 is 1.07 bits per heavy atom. The molecule has 0 radical (unpaired) electrons. The monoisotopic (exact) mass is 358 g/mol. The first kappa shape index (κ1) is 18.6. The van der Waals surface area contributed by atoms with E-state index in [2.05, 4.69) is 11.1 Å². The van der Waals surface area contributed by atoms with Gasteiger partial charge < -0.3 is 9.80 Å². The van der Waals surface area contributed by atoms with Gasteiger partial charge in [0.25, 0.3) is 5.91 Å². The van der Waals surface area contributed by atoms with Gasteiger partial charge in [-0.2, -0.15) is 5.26 Å². The number of carbonyl (C=O) groups is 1. The summed E-state index contributed by atoms with van der Waals surface area (Å²) in [4.78, 5) is 21.5. The van der Waals surface area contributed by atoms with Gasteiger partial charge in [0, 0.05) is 31.2 Å². The van der Waals surface area contributed by atoms with Gasteiger partial charge in [0.05, 0.1) is 11.6 Å². The number of nitriles is 1. The van der Waals surface area contributed by atoms with Gasteiger partial charge in [-0.3, -0.25) is 9.78 Å². The molecule has 0 N–H and O–H groups in total. The molecule has 3 aromatic rings. The van der Waals surface area contributed by atoms with Crippen molar-refractivity contribution in [3.63, 3.8) is 0 Å². The minimum absolute atomic E-state index is 0.101. The van der Waals surface area contributed by atoms with Gasteiger partial charge in [-0.25, -0.2) is 0 Å². The second-order valence-corrected chi connectivity index (χ2v) is 6.72. The standard InChI is InChI=1S/C22H22N4O/c1-25(2)12-13-26(16-18-7-5-6-17(14-18)15-23)22(27)21-20-9-4-3-8-19(20)10-11-24-21/h3-11,14H,12-13,16H2,1-2H3. The molecule has 0 saturated heterocycles. The molecular formula is C22H22N4O. The third kappa shape index (κ3) is 4.49. The largest absolute Gasteiger partial charge is 0.332 e. The number of hydrogen-bond acceptors (Lipinski definition) is 4. The Balaban J connectivity index is 1.94. The molecule has 2 aromatic carbocycles. The predicted octanol–water partition coefficient (Wildman–Crippen LogP) is 3.31. The molecule has 5 heteroatoms. The van der Waals surface area contributed by atoms with Gasteiger partial charge >= 0.3 is 0 Å². The van der Waals surface area contributed by atoms with E-state index in [1.807, 2.05) is 67.5 Å². The van der Waals surface area contributed by atoms with Gasteiger partial charge in [0.2, 0.25) is 0 Å². The number of carbonyl (C=O) groups excluding carboxylic acids is 1. The number of hydrogen-bond donors (Lipinski definition) is 0. The molecule has 0 aliphatic rings. The molecular weight excluding hydrogens is 336 g/mol. The lowest BCUT2D eigenvalue weighted by Crippen LogP contribution is -2.36. The minimum Gasteiger partial charge on any atom is -0.332 e. The highest BCUT2D eigenvalue weighted by Crippen LogP contribution is 2.19. The lowest BCUT2D eigenvalue weighted by Gasteiger charge is -2.25. The van der Waals surface area contributed by atoms with Crippen LogP contribution in [-0.2, 0) is 6.54 Å². The molecule has 0 saturated carbocycles. The maximum absolute atomic E-state index is 13.3. The summed E-state index contributed by atoms with van der Waals surface area (Å²) in [5, 5.41) is 11.0. The summed E-state index contributed by atoms with van der Waals surface area (Å²) >= 11 is 0. The molecule has 1 amide bonds. The Bertz CT molecular complexity index is 986. The molecule has 5 nitrogen and oxygen atoms in total. The van der Waals surface area contributed by atoms with Gasteiger partial charge in [0.15, 0.2) is 0 Å². The van der Waals surface area contributed by atoms with Crippen LogP contribution in [0.1, 0.15) is 21.6 Å². The summed E-state index contributed by atoms with van der Waals surface area (Å²) in [6, 6.07) is 19.2. The first-order chi connectivity index (χ1) is 13.1. The number of amides is 1. The molecule has 0 bridgehead atoms. The van der Waals surface area contributed by atoms with Crippen molar-refractivity contribution in [1.29, 1.82) is 5.26 Å². The van der Waals surface area contributed by atoms with Crippen LogP contribution in [0.15, 0.2) is 60.8 Å². The molecule has 3 rings (SSSR count). The van der Waals surface area contributed by atoms with Crippen molar-refractivity contribution in [3.8, 4) is 6.07 Å². The highest BCUT2D eigenvalue weighted by Gasteiger charge is 2.20. The van der Waals surface area contributed by atoms with Crippen LogP contribution in [0.4, 0.5) is 0 Å². The van der Waals surface area contributed by atoms with Crippen LogP contribution < -0.4 is 0 Å². The maximum atomic E-state index is 13.3. The predicted molar refractivity (Wildman–Crippen MR) is 106 cm³/mol. The number of aromatic nitrogens is 1. The average Bonchev–Trinajstić information content (AvgIpc) is 2.70. The Morgan fingerprint density at radius 3 is 2.67 bits per heavy atom. The second kappa shape index (κ2) is 8.43. The molecule has 0 atom stereocenters. The molecule has 136 valence electrons. The van der Waals surface area contributed by atoms with E-state index in [4.69, 9.17) is 5.26 Å². The van der Waals surface area contributed by atoms with E-state index in [1.165, 1.54) is 0 Å². The molecule has 0 fully saturated rings. The summed E-state index contributed by atoms with van der Waals surface area (Å²) in [6.07, 6.45) is 1.68. The Labute approximate surface area is 159 Å². The zero-order valence-corrected chi connectivity index (χ0v) is 15.6. The zero-order chi connectivity index (χ0) is 19.2. The second-order valence-electron chi connectivity index (χ2n) is 6.72. The summed E-state index contributed by atoms with van der Waals surface area (Å²) < 4.78 is 0. The molecule has 0 unspecified atom stereocenters. The highest BCUT2D eigenvalue weighted by atomic mass is 16.2. The lowest BCUT2D eigenvalue weighted by molar-refractivity contribution is 0.0728. The van der Waals surface area contributed by atoms with Crippen molar-refractivity contribution in [2.24, 2.45) is 0 Å². The van der Waals surface area contributed by atoms with E-state index in [0.29, 0.717) is 24.3 Å². The van der Waals surface area contributed by atoms with E-state index in [1.54, 1.807) is 17.2 Å². The number of nitrogens with zero attached hydrogens (tertiary/aromatic N) is 4. The third-order valence-electron chi connectivity index (χ3n) is 4.41. The fraction of sp³-hybridized carbons (Fsp3) is 0.227. The van der Waals surface area contributed by atoms with Crippen molar-refractivity contribution >= 4 is 16.7 Å². The first-order valence-corrected chi connectivity index (χ1v) is 8.85. The number of pyridine rings is 1. The number of fused-ring (bicyclic) bond motifs is 1. The topological polar surface area (TPSA) is 60.2 Å². The Hall–Kier alpha value is -3.23. The minimum atomic E-state index is -0.101. The zero-order valence-electron chi connectivity index (χ0n) is 15.6. The fourth-order valence-corrected chi connectivity index (χ4v) is 2.97. The normalized spacial score (nSPS) is 10.7. The highest BCUT2D eigenvalue weighted by molar-refractivity contribution is 6.05. The van der Waals surface area contributed by atoms with Gasteiger partial charge in [-0.1, -0.05) is 36.4 Å². The van der Waals surface area contributed by atoms with Gasteiger partial charge in [-0.05, 0) is 43.2 Å². The molecule has 0 aliphatic carbocycles. The van der Waals surface area contributed by atoms with Crippen LogP contribution in [0.2, 0.25) is 0 Å². The summed E-state index contributed by atoms with van der Waals surface area (Å²) in [5.74, 6) is -0.101. The summed E-state index contributed by atoms with van der Waals surface area (Å²) in [6.45, 7) is 1.76. The van der Waals surface area contributed by atoms with Crippen LogP contribution in [0.5, 0.6) is 0 Å². The Morgan fingerprint density at radius 2 is 1.89 bits per heavy atom. The van der Waals surface area contributed by atoms with Crippen molar-refractivity contribution in [2.45, 2.75) is 6.54 Å². The number of likely N-dealkylation sites (N-methyl/N-ethyl adjacent to an activating group) is 1. The SMILES string of the molecule is CN(C)CCN(Cc1cccc(C#N)c1)C(=O)c1nccc2ccccc12. The fourth-order valence-electron chi connectivity index (χ4n) is 2.97. The maximum Gasteiger partial charge on any atom is 0.273 e. The van der Waals surface area contributed by atoms with E-state index in [-0.39, 0.29) is 5.91 Å².